The molecule has 2 fully saturated rings. The predicted molar refractivity (Wildman–Crippen MR) is 70.6 cm³/mol. The van der Waals surface area contributed by atoms with Crippen LogP contribution in [0.25, 0.3) is 0 Å². The number of hydrogen-bond acceptors (Lipinski definition) is 4. The van der Waals surface area contributed by atoms with Crippen molar-refractivity contribution in [1.82, 2.24) is 9.88 Å². The van der Waals surface area contributed by atoms with Gasteiger partial charge < -0.3 is 15.7 Å². The Balaban J connectivity index is 1.75. The van der Waals surface area contributed by atoms with Crippen LogP contribution in [0.5, 0.6) is 5.75 Å². The number of nitrogens with two attached hydrogens (primary N) is 1. The quantitative estimate of drug-likeness (QED) is 0.790. The molecule has 0 radical (unpaired) electrons. The number of carbonyl (C=O) groups is 1. The smallest absolute Gasteiger partial charge is 0.255 e. The number of likely N-dealkylation sites (tertiary alicyclic amines) is 1. The molecule has 1 aromatic heterocycles. The second-order valence-corrected chi connectivity index (χ2v) is 5.66. The molecule has 3 N–H and O–H groups in total. The summed E-state index contributed by atoms with van der Waals surface area (Å²) in [6.07, 6.45) is 6.23. The molecule has 5 nitrogen and oxygen atoms in total. The normalized spacial score (nSPS) is 30.2. The molecule has 1 aliphatic carbocycles. The third-order valence-electron chi connectivity index (χ3n) is 4.41. The highest BCUT2D eigenvalue weighted by Crippen LogP contribution is 2.36. The maximum atomic E-state index is 12.4. The van der Waals surface area contributed by atoms with Gasteiger partial charge in [-0.1, -0.05) is 6.42 Å². The SMILES string of the molecule is NC1CCCC2CN(C(=O)c3cncc(O)c3)CC12. The first-order valence-corrected chi connectivity index (χ1v) is 6.84. The Kier molecular flexibility index (Phi) is 3.14. The van der Waals surface area contributed by atoms with Crippen molar-refractivity contribution < 1.29 is 9.90 Å². The standard InChI is InChI=1S/C14H19N3O2/c15-13-3-1-2-9-7-17(8-12(9)13)14(19)10-4-11(18)6-16-5-10/h4-6,9,12-13,18H,1-3,7-8,15H2. The van der Waals surface area contributed by atoms with Crippen LogP contribution in [0.15, 0.2) is 18.5 Å². The van der Waals surface area contributed by atoms with Crippen LogP contribution in [0.2, 0.25) is 0 Å². The average molecular weight is 261 g/mol. The first-order valence-electron chi connectivity index (χ1n) is 6.84. The molecule has 2 heterocycles. The fourth-order valence-electron chi connectivity index (χ4n) is 3.41. The van der Waals surface area contributed by atoms with Gasteiger partial charge in [-0.25, -0.2) is 0 Å². The largest absolute Gasteiger partial charge is 0.506 e. The first-order chi connectivity index (χ1) is 9.15. The van der Waals surface area contributed by atoms with Crippen LogP contribution in [0, 0.1) is 11.8 Å². The van der Waals surface area contributed by atoms with E-state index in [1.165, 1.54) is 24.9 Å². The fourth-order valence-corrected chi connectivity index (χ4v) is 3.41. The molecule has 1 aromatic rings. The summed E-state index contributed by atoms with van der Waals surface area (Å²) < 4.78 is 0. The van der Waals surface area contributed by atoms with E-state index in [1.807, 2.05) is 4.90 Å². The zero-order valence-corrected chi connectivity index (χ0v) is 10.8. The van der Waals surface area contributed by atoms with E-state index in [2.05, 4.69) is 4.98 Å². The van der Waals surface area contributed by atoms with E-state index < -0.39 is 0 Å². The Labute approximate surface area is 112 Å². The van der Waals surface area contributed by atoms with Crippen molar-refractivity contribution in [3.63, 3.8) is 0 Å². The van der Waals surface area contributed by atoms with Gasteiger partial charge >= 0.3 is 0 Å². The first kappa shape index (κ1) is 12.4. The zero-order valence-electron chi connectivity index (χ0n) is 10.8. The third-order valence-corrected chi connectivity index (χ3v) is 4.41. The lowest BCUT2D eigenvalue weighted by Crippen LogP contribution is -2.38. The van der Waals surface area contributed by atoms with Gasteiger partial charge in [-0.15, -0.1) is 0 Å². The summed E-state index contributed by atoms with van der Waals surface area (Å²) in [5.41, 5.74) is 6.61. The lowest BCUT2D eigenvalue weighted by atomic mass is 9.78. The van der Waals surface area contributed by atoms with Crippen molar-refractivity contribution in [3.05, 3.63) is 24.0 Å². The van der Waals surface area contributed by atoms with E-state index in [0.717, 1.165) is 25.9 Å². The zero-order chi connectivity index (χ0) is 13.4. The maximum absolute atomic E-state index is 12.4. The molecule has 19 heavy (non-hydrogen) atoms. The van der Waals surface area contributed by atoms with E-state index in [9.17, 15) is 9.90 Å². The second-order valence-electron chi connectivity index (χ2n) is 5.66. The molecular formula is C14H19N3O2. The lowest BCUT2D eigenvalue weighted by molar-refractivity contribution is 0.0782. The van der Waals surface area contributed by atoms with Gasteiger partial charge in [0, 0.05) is 25.3 Å². The molecule has 3 unspecified atom stereocenters. The van der Waals surface area contributed by atoms with Crippen LogP contribution in [0.1, 0.15) is 29.6 Å². The molecule has 5 heteroatoms. The summed E-state index contributed by atoms with van der Waals surface area (Å²) in [5, 5.41) is 9.40. The monoisotopic (exact) mass is 261 g/mol. The van der Waals surface area contributed by atoms with Crippen LogP contribution >= 0.6 is 0 Å². The Morgan fingerprint density at radius 3 is 2.95 bits per heavy atom. The van der Waals surface area contributed by atoms with Crippen LogP contribution < -0.4 is 5.73 Å². The van der Waals surface area contributed by atoms with E-state index >= 15 is 0 Å². The fraction of sp³-hybridized carbons (Fsp3) is 0.571. The third kappa shape index (κ3) is 2.30. The van der Waals surface area contributed by atoms with Gasteiger partial charge in [0.2, 0.25) is 0 Å². The van der Waals surface area contributed by atoms with Gasteiger partial charge in [-0.05, 0) is 30.7 Å². The molecule has 1 saturated heterocycles. The lowest BCUT2D eigenvalue weighted by Gasteiger charge is -2.29. The van der Waals surface area contributed by atoms with Crippen LogP contribution in [-0.4, -0.2) is 40.0 Å². The molecule has 102 valence electrons. The topological polar surface area (TPSA) is 79.5 Å². The number of fused-ring (bicyclic) bond motifs is 1. The number of hydrogen-bond donors (Lipinski definition) is 2. The second kappa shape index (κ2) is 4.81. The average Bonchev–Trinajstić information content (AvgIpc) is 2.83. The van der Waals surface area contributed by atoms with Gasteiger partial charge in [-0.3, -0.25) is 9.78 Å². The molecule has 1 aliphatic heterocycles. The molecule has 3 atom stereocenters. The maximum Gasteiger partial charge on any atom is 0.255 e. The van der Waals surface area contributed by atoms with Crippen LogP contribution in [0.4, 0.5) is 0 Å². The van der Waals surface area contributed by atoms with Crippen LogP contribution in [0.3, 0.4) is 0 Å². The highest BCUT2D eigenvalue weighted by Gasteiger charge is 2.40. The van der Waals surface area contributed by atoms with E-state index in [-0.39, 0.29) is 17.7 Å². The minimum absolute atomic E-state index is 0.0270. The molecular weight excluding hydrogens is 242 g/mol. The summed E-state index contributed by atoms with van der Waals surface area (Å²) in [6, 6.07) is 1.69. The van der Waals surface area contributed by atoms with Gasteiger partial charge in [0.05, 0.1) is 11.8 Å². The van der Waals surface area contributed by atoms with Crippen molar-refractivity contribution in [2.75, 3.05) is 13.1 Å². The summed E-state index contributed by atoms with van der Waals surface area (Å²) >= 11 is 0. The Hall–Kier alpha value is -1.62. The highest BCUT2D eigenvalue weighted by atomic mass is 16.3. The van der Waals surface area contributed by atoms with Crippen molar-refractivity contribution in [2.45, 2.75) is 25.3 Å². The molecule has 3 rings (SSSR count). The minimum atomic E-state index is -0.0509. The Morgan fingerprint density at radius 2 is 2.21 bits per heavy atom. The molecule has 0 spiro atoms. The van der Waals surface area contributed by atoms with E-state index in [0.29, 0.717) is 17.4 Å². The van der Waals surface area contributed by atoms with Gasteiger partial charge in [-0.2, -0.15) is 0 Å². The minimum Gasteiger partial charge on any atom is -0.506 e. The van der Waals surface area contributed by atoms with Gasteiger partial charge in [0.25, 0.3) is 5.91 Å². The molecule has 1 saturated carbocycles. The van der Waals surface area contributed by atoms with Crippen molar-refractivity contribution in [3.8, 4) is 5.75 Å². The highest BCUT2D eigenvalue weighted by molar-refractivity contribution is 5.94. The Bertz CT molecular complexity index is 491. The number of rotatable bonds is 1. The number of carbonyl (C=O) groups excluding carboxylic acids is 1. The van der Waals surface area contributed by atoms with Gasteiger partial charge in [0.15, 0.2) is 0 Å². The molecule has 0 aromatic carbocycles. The summed E-state index contributed by atoms with van der Waals surface area (Å²) in [4.78, 5) is 18.1. The van der Waals surface area contributed by atoms with Crippen molar-refractivity contribution >= 4 is 5.91 Å². The van der Waals surface area contributed by atoms with E-state index in [4.69, 9.17) is 5.73 Å². The molecule has 0 bridgehead atoms. The number of nitrogens with zero attached hydrogens (tertiary/aromatic N) is 2. The Morgan fingerprint density at radius 1 is 1.37 bits per heavy atom. The number of amides is 1. The van der Waals surface area contributed by atoms with Crippen molar-refractivity contribution in [1.29, 1.82) is 0 Å². The van der Waals surface area contributed by atoms with Crippen molar-refractivity contribution in [2.24, 2.45) is 17.6 Å². The summed E-state index contributed by atoms with van der Waals surface area (Å²) in [7, 11) is 0. The molecule has 1 amide bonds. The predicted octanol–water partition coefficient (Wildman–Crippen LogP) is 0.987. The van der Waals surface area contributed by atoms with E-state index in [1.54, 1.807) is 0 Å². The number of pyridine rings is 1. The number of aromatic nitrogens is 1. The molecule has 2 aliphatic rings. The summed E-state index contributed by atoms with van der Waals surface area (Å²) in [6.45, 7) is 1.52. The van der Waals surface area contributed by atoms with Gasteiger partial charge in [0.1, 0.15) is 5.75 Å². The van der Waals surface area contributed by atoms with Crippen LogP contribution in [-0.2, 0) is 0 Å². The summed E-state index contributed by atoms with van der Waals surface area (Å²) in [5.74, 6) is 0.949. The number of aromatic hydroxyl groups is 1.